The van der Waals surface area contributed by atoms with Crippen LogP contribution in [-0.4, -0.2) is 11.4 Å². The molecule has 0 bridgehead atoms. The maximum Gasteiger partial charge on any atom is 0.251 e. The quantitative estimate of drug-likeness (QED) is 0.813. The number of hydrogen-bond donors (Lipinski definition) is 2. The van der Waals surface area contributed by atoms with E-state index in [-0.39, 0.29) is 11.4 Å². The summed E-state index contributed by atoms with van der Waals surface area (Å²) < 4.78 is 0. The molecule has 0 atom stereocenters. The van der Waals surface area contributed by atoms with E-state index in [2.05, 4.69) is 26.1 Å². The Bertz CT molecular complexity index is 389. The number of nitrogens with two attached hydrogens (primary N) is 1. The number of carbonyl (C=O) groups is 1. The van der Waals surface area contributed by atoms with Crippen LogP contribution in [0.1, 0.15) is 56.0 Å². The lowest BCUT2D eigenvalue weighted by atomic mass is 9.89. The van der Waals surface area contributed by atoms with E-state index < -0.39 is 0 Å². The van der Waals surface area contributed by atoms with E-state index in [4.69, 9.17) is 5.73 Å². The number of rotatable bonds is 6. The van der Waals surface area contributed by atoms with Gasteiger partial charge in [-0.3, -0.25) is 4.79 Å². The highest BCUT2D eigenvalue weighted by Crippen LogP contribution is 2.20. The van der Waals surface area contributed by atoms with Crippen LogP contribution in [0, 0.1) is 0 Å². The molecule has 0 aliphatic heterocycles. The van der Waals surface area contributed by atoms with Crippen molar-refractivity contribution in [3.05, 3.63) is 35.4 Å². The van der Waals surface area contributed by atoms with E-state index in [1.54, 1.807) is 0 Å². The third-order valence-corrected chi connectivity index (χ3v) is 3.83. The normalized spacial score (nSPS) is 11.3. The maximum atomic E-state index is 12.3. The van der Waals surface area contributed by atoms with Gasteiger partial charge in [-0.25, -0.2) is 0 Å². The molecule has 18 heavy (non-hydrogen) atoms. The summed E-state index contributed by atoms with van der Waals surface area (Å²) in [7, 11) is 0. The Morgan fingerprint density at radius 2 is 1.83 bits per heavy atom. The van der Waals surface area contributed by atoms with Gasteiger partial charge in [0.25, 0.3) is 5.91 Å². The Hall–Kier alpha value is -1.35. The highest BCUT2D eigenvalue weighted by atomic mass is 16.1. The van der Waals surface area contributed by atoms with Gasteiger partial charge in [0.15, 0.2) is 0 Å². The van der Waals surface area contributed by atoms with E-state index in [9.17, 15) is 4.79 Å². The topological polar surface area (TPSA) is 55.1 Å². The van der Waals surface area contributed by atoms with Crippen molar-refractivity contribution in [3.63, 3.8) is 0 Å². The summed E-state index contributed by atoms with van der Waals surface area (Å²) in [5, 5.41) is 3.17. The van der Waals surface area contributed by atoms with Crippen LogP contribution in [-0.2, 0) is 6.54 Å². The molecule has 1 aromatic rings. The van der Waals surface area contributed by atoms with Crippen molar-refractivity contribution >= 4 is 5.91 Å². The predicted molar refractivity (Wildman–Crippen MR) is 75.4 cm³/mol. The molecule has 0 unspecified atom stereocenters. The Morgan fingerprint density at radius 3 is 2.33 bits per heavy atom. The fourth-order valence-electron chi connectivity index (χ4n) is 2.17. The van der Waals surface area contributed by atoms with E-state index in [1.165, 1.54) is 0 Å². The molecular weight excluding hydrogens is 224 g/mol. The summed E-state index contributed by atoms with van der Waals surface area (Å²) in [6, 6.07) is 7.51. The zero-order chi connectivity index (χ0) is 13.6. The summed E-state index contributed by atoms with van der Waals surface area (Å²) >= 11 is 0. The Balaban J connectivity index is 2.86. The lowest BCUT2D eigenvalue weighted by Crippen LogP contribution is -2.47. The van der Waals surface area contributed by atoms with Crippen molar-refractivity contribution in [2.24, 2.45) is 5.73 Å². The molecule has 0 aliphatic carbocycles. The lowest BCUT2D eigenvalue weighted by molar-refractivity contribution is 0.0888. The number of benzene rings is 1. The summed E-state index contributed by atoms with van der Waals surface area (Å²) in [6.45, 7) is 6.80. The molecule has 1 rings (SSSR count). The van der Waals surface area contributed by atoms with Gasteiger partial charge in [-0.05, 0) is 37.0 Å². The molecule has 0 fully saturated rings. The first kappa shape index (κ1) is 14.7. The zero-order valence-corrected chi connectivity index (χ0v) is 11.6. The van der Waals surface area contributed by atoms with Crippen LogP contribution in [0.15, 0.2) is 24.3 Å². The van der Waals surface area contributed by atoms with Crippen molar-refractivity contribution < 1.29 is 4.79 Å². The smallest absolute Gasteiger partial charge is 0.251 e. The molecule has 0 saturated carbocycles. The predicted octanol–water partition coefficient (Wildman–Crippen LogP) is 2.84. The van der Waals surface area contributed by atoms with Gasteiger partial charge in [-0.1, -0.05) is 32.9 Å². The second-order valence-corrected chi connectivity index (χ2v) is 4.70. The minimum Gasteiger partial charge on any atom is -0.347 e. The molecular formula is C15H24N2O. The fourth-order valence-corrected chi connectivity index (χ4v) is 2.17. The SMILES string of the molecule is CCC(CC)(CC)NC(=O)c1cccc(CN)c1. The van der Waals surface area contributed by atoms with Crippen molar-refractivity contribution in [1.29, 1.82) is 0 Å². The molecule has 3 N–H and O–H groups in total. The van der Waals surface area contributed by atoms with E-state index in [0.717, 1.165) is 24.8 Å². The molecule has 1 aromatic carbocycles. The first-order chi connectivity index (χ1) is 8.60. The molecule has 0 aromatic heterocycles. The van der Waals surface area contributed by atoms with E-state index in [1.807, 2.05) is 24.3 Å². The third kappa shape index (κ3) is 3.33. The first-order valence-corrected chi connectivity index (χ1v) is 6.72. The van der Waals surface area contributed by atoms with Crippen LogP contribution in [0.25, 0.3) is 0 Å². The van der Waals surface area contributed by atoms with Crippen LogP contribution in [0.5, 0.6) is 0 Å². The number of amides is 1. The van der Waals surface area contributed by atoms with Gasteiger partial charge in [-0.15, -0.1) is 0 Å². The minimum absolute atomic E-state index is 0.00384. The first-order valence-electron chi connectivity index (χ1n) is 6.72. The Morgan fingerprint density at radius 1 is 1.22 bits per heavy atom. The van der Waals surface area contributed by atoms with Crippen LogP contribution in [0.4, 0.5) is 0 Å². The van der Waals surface area contributed by atoms with Gasteiger partial charge >= 0.3 is 0 Å². The Labute approximate surface area is 110 Å². The molecule has 0 saturated heterocycles. The van der Waals surface area contributed by atoms with Gasteiger partial charge in [0.05, 0.1) is 0 Å². The Kier molecular flexibility index (Phi) is 5.35. The lowest BCUT2D eigenvalue weighted by Gasteiger charge is -2.31. The number of carbonyl (C=O) groups excluding carboxylic acids is 1. The van der Waals surface area contributed by atoms with Crippen molar-refractivity contribution in [2.75, 3.05) is 0 Å². The van der Waals surface area contributed by atoms with Crippen LogP contribution < -0.4 is 11.1 Å². The van der Waals surface area contributed by atoms with Gasteiger partial charge < -0.3 is 11.1 Å². The second kappa shape index (κ2) is 6.55. The van der Waals surface area contributed by atoms with Crippen LogP contribution >= 0.6 is 0 Å². The van der Waals surface area contributed by atoms with Gasteiger partial charge in [0.1, 0.15) is 0 Å². The van der Waals surface area contributed by atoms with Crippen molar-refractivity contribution in [1.82, 2.24) is 5.32 Å². The number of hydrogen-bond acceptors (Lipinski definition) is 2. The van der Waals surface area contributed by atoms with Crippen molar-refractivity contribution in [2.45, 2.75) is 52.1 Å². The monoisotopic (exact) mass is 248 g/mol. The second-order valence-electron chi connectivity index (χ2n) is 4.70. The van der Waals surface area contributed by atoms with Crippen molar-refractivity contribution in [3.8, 4) is 0 Å². The summed E-state index contributed by atoms with van der Waals surface area (Å²) in [6.07, 6.45) is 2.84. The molecule has 0 heterocycles. The molecule has 100 valence electrons. The summed E-state index contributed by atoms with van der Waals surface area (Å²) in [4.78, 5) is 12.3. The van der Waals surface area contributed by atoms with Crippen LogP contribution in [0.3, 0.4) is 0 Å². The minimum atomic E-state index is -0.0875. The third-order valence-electron chi connectivity index (χ3n) is 3.83. The average Bonchev–Trinajstić information content (AvgIpc) is 2.44. The van der Waals surface area contributed by atoms with E-state index >= 15 is 0 Å². The molecule has 3 heteroatoms. The van der Waals surface area contributed by atoms with Gasteiger partial charge in [-0.2, -0.15) is 0 Å². The van der Waals surface area contributed by atoms with Gasteiger partial charge in [0.2, 0.25) is 0 Å². The molecule has 3 nitrogen and oxygen atoms in total. The van der Waals surface area contributed by atoms with Crippen LogP contribution in [0.2, 0.25) is 0 Å². The maximum absolute atomic E-state index is 12.3. The summed E-state index contributed by atoms with van der Waals surface area (Å²) in [5.74, 6) is -0.00384. The fraction of sp³-hybridized carbons (Fsp3) is 0.533. The van der Waals surface area contributed by atoms with E-state index in [0.29, 0.717) is 12.1 Å². The standard InChI is InChI=1S/C15H24N2O/c1-4-15(5-2,6-3)17-14(18)13-9-7-8-12(10-13)11-16/h7-10H,4-6,11,16H2,1-3H3,(H,17,18). The molecule has 0 radical (unpaired) electrons. The zero-order valence-electron chi connectivity index (χ0n) is 11.6. The molecule has 0 spiro atoms. The number of nitrogens with one attached hydrogen (secondary N) is 1. The molecule has 0 aliphatic rings. The van der Waals surface area contributed by atoms with Gasteiger partial charge in [0, 0.05) is 17.6 Å². The highest BCUT2D eigenvalue weighted by Gasteiger charge is 2.26. The average molecular weight is 248 g/mol. The largest absolute Gasteiger partial charge is 0.347 e. The summed E-state index contributed by atoms with van der Waals surface area (Å²) in [5.41, 5.74) is 7.18. The highest BCUT2D eigenvalue weighted by molar-refractivity contribution is 5.94. The molecule has 1 amide bonds.